The first-order chi connectivity index (χ1) is 28.7. The average Bonchev–Trinajstić information content (AvgIpc) is 3.19. The van der Waals surface area contributed by atoms with Crippen LogP contribution in [0.25, 0.3) is 0 Å². The zero-order valence-electron chi connectivity index (χ0n) is 36.0. The fourth-order valence-corrected chi connectivity index (χ4v) is 5.76. The van der Waals surface area contributed by atoms with Crippen molar-refractivity contribution in [1.82, 2.24) is 42.5 Å². The molecule has 16 N–H and O–H groups in total. The molecule has 61 heavy (non-hydrogen) atoms. The number of nitrogens with two attached hydrogens (primary N) is 4. The summed E-state index contributed by atoms with van der Waals surface area (Å²) >= 11 is 0. The van der Waals surface area contributed by atoms with E-state index in [1.54, 1.807) is 44.2 Å². The largest absolute Gasteiger partial charge is 0.370 e. The van der Waals surface area contributed by atoms with Gasteiger partial charge in [0.25, 0.3) is 0 Å². The normalized spacial score (nSPS) is 13.2. The highest BCUT2D eigenvalue weighted by molar-refractivity contribution is 5.97. The molecule has 0 spiro atoms. The molecule has 0 aliphatic carbocycles. The second-order valence-corrected chi connectivity index (χ2v) is 15.1. The highest BCUT2D eigenvalue weighted by Gasteiger charge is 2.33. The summed E-state index contributed by atoms with van der Waals surface area (Å²) in [4.78, 5) is 112. The Labute approximate surface area is 356 Å². The summed E-state index contributed by atoms with van der Waals surface area (Å²) in [6.07, 6.45) is 0.687. The van der Waals surface area contributed by atoms with Crippen LogP contribution >= 0.6 is 0 Å². The molecular formula is C39H66N14O8. The zero-order valence-corrected chi connectivity index (χ0v) is 36.0. The van der Waals surface area contributed by atoms with Crippen LogP contribution in [0.4, 0.5) is 0 Å². The lowest BCUT2D eigenvalue weighted by molar-refractivity contribution is -0.135. The van der Waals surface area contributed by atoms with Crippen molar-refractivity contribution < 1.29 is 38.4 Å². The van der Waals surface area contributed by atoms with E-state index >= 15 is 0 Å². The van der Waals surface area contributed by atoms with Gasteiger partial charge < -0.3 is 65.5 Å². The number of aliphatic imine (C=N–C) groups is 2. The summed E-state index contributed by atoms with van der Waals surface area (Å²) in [5.41, 5.74) is 22.6. The molecule has 0 saturated carbocycles. The van der Waals surface area contributed by atoms with Gasteiger partial charge in [-0.25, -0.2) is 0 Å². The zero-order chi connectivity index (χ0) is 46.1. The summed E-state index contributed by atoms with van der Waals surface area (Å²) in [5, 5.41) is 20.7. The van der Waals surface area contributed by atoms with Crippen molar-refractivity contribution in [2.45, 2.75) is 103 Å². The first-order valence-electron chi connectivity index (χ1n) is 20.1. The molecule has 340 valence electrons. The molecule has 1 aromatic rings. The van der Waals surface area contributed by atoms with Crippen LogP contribution in [0.1, 0.15) is 72.3 Å². The minimum absolute atomic E-state index is 0.00619. The van der Waals surface area contributed by atoms with Crippen LogP contribution < -0.4 is 65.5 Å². The Morgan fingerprint density at radius 1 is 0.590 bits per heavy atom. The van der Waals surface area contributed by atoms with Crippen molar-refractivity contribution in [3.8, 4) is 0 Å². The van der Waals surface area contributed by atoms with Crippen LogP contribution in [-0.4, -0.2) is 123 Å². The summed E-state index contributed by atoms with van der Waals surface area (Å²) in [6.45, 7) is 7.78. The van der Waals surface area contributed by atoms with Crippen molar-refractivity contribution >= 4 is 59.2 Å². The van der Waals surface area contributed by atoms with Gasteiger partial charge >= 0.3 is 0 Å². The number of guanidine groups is 2. The van der Waals surface area contributed by atoms with E-state index in [2.05, 4.69) is 52.5 Å². The molecule has 8 amide bonds. The molecule has 0 unspecified atom stereocenters. The number of carbonyl (C=O) groups is 8. The quantitative estimate of drug-likeness (QED) is 0.0233. The van der Waals surface area contributed by atoms with Gasteiger partial charge in [0.05, 0.1) is 13.1 Å². The third-order valence-corrected chi connectivity index (χ3v) is 8.87. The maximum absolute atomic E-state index is 14.1. The number of hydrogen-bond donors (Lipinski definition) is 12. The number of amides is 8. The van der Waals surface area contributed by atoms with E-state index < -0.39 is 84.0 Å². The minimum atomic E-state index is -1.26. The smallest absolute Gasteiger partial charge is 0.243 e. The Hall–Kier alpha value is -6.48. The number of benzene rings is 1. The van der Waals surface area contributed by atoms with Gasteiger partial charge in [-0.1, -0.05) is 58.0 Å². The molecule has 0 aromatic heterocycles. The first-order valence-corrected chi connectivity index (χ1v) is 20.1. The van der Waals surface area contributed by atoms with Crippen LogP contribution in [0.15, 0.2) is 40.3 Å². The Bertz CT molecular complexity index is 1680. The molecule has 5 atom stereocenters. The third kappa shape index (κ3) is 22.5. The molecule has 1 aromatic carbocycles. The predicted octanol–water partition coefficient (Wildman–Crippen LogP) is -3.54. The Kier molecular flexibility index (Phi) is 24.2. The van der Waals surface area contributed by atoms with E-state index in [1.807, 2.05) is 13.8 Å². The lowest BCUT2D eigenvalue weighted by Crippen LogP contribution is -2.60. The Morgan fingerprint density at radius 3 is 1.54 bits per heavy atom. The lowest BCUT2D eigenvalue weighted by atomic mass is 10.00. The molecule has 22 nitrogen and oxygen atoms in total. The third-order valence-electron chi connectivity index (χ3n) is 8.87. The van der Waals surface area contributed by atoms with E-state index in [0.29, 0.717) is 5.56 Å². The maximum Gasteiger partial charge on any atom is 0.243 e. The van der Waals surface area contributed by atoms with Crippen LogP contribution in [0.5, 0.6) is 0 Å². The van der Waals surface area contributed by atoms with E-state index in [1.165, 1.54) is 14.0 Å². The van der Waals surface area contributed by atoms with Crippen molar-refractivity contribution in [1.29, 1.82) is 0 Å². The van der Waals surface area contributed by atoms with Gasteiger partial charge in [0.15, 0.2) is 11.9 Å². The highest BCUT2D eigenvalue weighted by Crippen LogP contribution is 2.11. The molecular weight excluding hydrogens is 793 g/mol. The summed E-state index contributed by atoms with van der Waals surface area (Å²) in [5.74, 6) is -5.83. The van der Waals surface area contributed by atoms with Gasteiger partial charge in [0.1, 0.15) is 30.2 Å². The van der Waals surface area contributed by atoms with Crippen molar-refractivity contribution in [3.05, 3.63) is 35.9 Å². The topological polar surface area (TPSA) is 362 Å². The summed E-state index contributed by atoms with van der Waals surface area (Å²) < 4.78 is 0. The molecule has 0 aliphatic rings. The molecule has 22 heteroatoms. The van der Waals surface area contributed by atoms with Crippen molar-refractivity contribution in [2.75, 3.05) is 33.2 Å². The fourth-order valence-electron chi connectivity index (χ4n) is 5.76. The van der Waals surface area contributed by atoms with Crippen LogP contribution in [-0.2, 0) is 44.8 Å². The second kappa shape index (κ2) is 28.1. The maximum atomic E-state index is 14.1. The number of nitrogens with one attached hydrogen (secondary N) is 8. The molecule has 0 fully saturated rings. The lowest BCUT2D eigenvalue weighted by Gasteiger charge is -2.28. The Balaban J connectivity index is 3.42. The van der Waals surface area contributed by atoms with Gasteiger partial charge in [-0.3, -0.25) is 48.3 Å². The minimum Gasteiger partial charge on any atom is -0.370 e. The molecule has 0 bridgehead atoms. The van der Waals surface area contributed by atoms with E-state index in [-0.39, 0.29) is 81.9 Å². The van der Waals surface area contributed by atoms with E-state index in [0.717, 1.165) is 0 Å². The highest BCUT2D eigenvalue weighted by atomic mass is 16.2. The van der Waals surface area contributed by atoms with Gasteiger partial charge in [-0.05, 0) is 49.5 Å². The van der Waals surface area contributed by atoms with Crippen molar-refractivity contribution in [3.63, 3.8) is 0 Å². The molecule has 0 aliphatic heterocycles. The number of hydrogen-bond acceptors (Lipinski definition) is 10. The van der Waals surface area contributed by atoms with Gasteiger partial charge in [0.2, 0.25) is 47.3 Å². The monoisotopic (exact) mass is 859 g/mol. The summed E-state index contributed by atoms with van der Waals surface area (Å²) in [6, 6.07) is 3.02. The van der Waals surface area contributed by atoms with Crippen LogP contribution in [0.3, 0.4) is 0 Å². The molecule has 0 radical (unpaired) electrons. The Morgan fingerprint density at radius 2 is 1.07 bits per heavy atom. The average molecular weight is 859 g/mol. The SMILES string of the molecule is CNC(=O)[C@@H](NC(=O)[C@H](CCCN=C(N)N)NC(=O)[C@H](CCCN=C(N)N)NC(=O)[C@H](CC(C)C)NC(=O)[C@@H](Cc1ccccc1)NC(=O)CNC(=O)CNC(C)=O)C(C)C. The molecule has 1 rings (SSSR count). The second-order valence-electron chi connectivity index (χ2n) is 15.1. The van der Waals surface area contributed by atoms with Crippen molar-refractivity contribution in [2.24, 2.45) is 44.8 Å². The number of carbonyl (C=O) groups excluding carboxylic acids is 8. The van der Waals surface area contributed by atoms with E-state index in [4.69, 9.17) is 22.9 Å². The van der Waals surface area contributed by atoms with Crippen LogP contribution in [0, 0.1) is 11.8 Å². The first kappa shape index (κ1) is 52.5. The number of likely N-dealkylation sites (N-methyl/N-ethyl adjacent to an activating group) is 1. The molecule has 0 saturated heterocycles. The van der Waals surface area contributed by atoms with Crippen LogP contribution in [0.2, 0.25) is 0 Å². The van der Waals surface area contributed by atoms with Gasteiger partial charge in [-0.15, -0.1) is 0 Å². The van der Waals surface area contributed by atoms with Gasteiger partial charge in [-0.2, -0.15) is 0 Å². The molecule has 0 heterocycles. The number of rotatable bonds is 27. The van der Waals surface area contributed by atoms with Gasteiger partial charge in [0, 0.05) is 33.5 Å². The summed E-state index contributed by atoms with van der Waals surface area (Å²) in [7, 11) is 1.43. The standard InChI is InChI=1S/C39H66N14O8/c1-22(2)18-28(52-36(60)29(19-25-12-8-7-9-13-25)49-31(56)21-48-30(55)20-47-24(5)54)35(59)51-26(14-10-16-45-38(40)41)33(57)50-27(15-11-17-46-39(42)43)34(58)53-32(23(3)4)37(61)44-6/h7-9,12-13,22-23,26-29,32H,10-11,14-21H2,1-6H3,(H,44,61)(H,47,54)(H,48,55)(H,49,56)(H,50,57)(H,51,59)(H,52,60)(H,53,58)(H4,40,41,45)(H4,42,43,46)/t26-,27-,28-,29+,32-/m0/s1. The fraction of sp³-hybridized carbons (Fsp3) is 0.590. The predicted molar refractivity (Wildman–Crippen MR) is 230 cm³/mol. The number of nitrogens with zero attached hydrogens (tertiary/aromatic N) is 2. The van der Waals surface area contributed by atoms with E-state index in [9.17, 15) is 38.4 Å².